The Morgan fingerprint density at radius 1 is 1.27 bits per heavy atom. The van der Waals surface area contributed by atoms with Gasteiger partial charge in [-0.3, -0.25) is 4.90 Å². The predicted molar refractivity (Wildman–Crippen MR) is 62.0 cm³/mol. The summed E-state index contributed by atoms with van der Waals surface area (Å²) in [5, 5.41) is 0. The predicted octanol–water partition coefficient (Wildman–Crippen LogP) is 1.80. The van der Waals surface area contributed by atoms with Gasteiger partial charge in [0.05, 0.1) is 7.11 Å². The van der Waals surface area contributed by atoms with E-state index in [0.717, 1.165) is 6.54 Å². The van der Waals surface area contributed by atoms with Gasteiger partial charge in [0.15, 0.2) is 0 Å². The number of carbonyl (C=O) groups is 1. The van der Waals surface area contributed by atoms with Crippen LogP contribution in [0.4, 0.5) is 4.79 Å². The molecule has 90 valence electrons. The van der Waals surface area contributed by atoms with Crippen molar-refractivity contribution in [1.29, 1.82) is 0 Å². The molecule has 4 nitrogen and oxygen atoms in total. The van der Waals surface area contributed by atoms with Crippen molar-refractivity contribution < 1.29 is 9.53 Å². The van der Waals surface area contributed by atoms with E-state index in [1.807, 2.05) is 6.92 Å². The summed E-state index contributed by atoms with van der Waals surface area (Å²) in [7, 11) is 3.48. The van der Waals surface area contributed by atoms with Gasteiger partial charge in [-0.2, -0.15) is 0 Å². The maximum absolute atomic E-state index is 11.3. The van der Waals surface area contributed by atoms with Crippen LogP contribution in [0, 0.1) is 0 Å². The van der Waals surface area contributed by atoms with E-state index in [-0.39, 0.29) is 11.6 Å². The lowest BCUT2D eigenvalue weighted by atomic mass is 10.1. The van der Waals surface area contributed by atoms with Gasteiger partial charge in [0.2, 0.25) is 0 Å². The molecule has 0 fully saturated rings. The van der Waals surface area contributed by atoms with Gasteiger partial charge >= 0.3 is 6.09 Å². The van der Waals surface area contributed by atoms with Crippen LogP contribution in [-0.4, -0.2) is 55.2 Å². The molecule has 0 rings (SSSR count). The second-order valence-corrected chi connectivity index (χ2v) is 4.64. The van der Waals surface area contributed by atoms with Crippen LogP contribution >= 0.6 is 0 Å². The number of ether oxygens (including phenoxy) is 1. The number of amides is 1. The zero-order valence-corrected chi connectivity index (χ0v) is 10.8. The first kappa shape index (κ1) is 14.2. The fourth-order valence-electron chi connectivity index (χ4n) is 1.11. The van der Waals surface area contributed by atoms with Crippen molar-refractivity contribution in [2.24, 2.45) is 0 Å². The monoisotopic (exact) mass is 216 g/mol. The van der Waals surface area contributed by atoms with Crippen molar-refractivity contribution in [1.82, 2.24) is 9.80 Å². The fraction of sp³-hybridized carbons (Fsp3) is 0.909. The summed E-state index contributed by atoms with van der Waals surface area (Å²) < 4.78 is 4.69. The van der Waals surface area contributed by atoms with Gasteiger partial charge in [0, 0.05) is 25.2 Å². The van der Waals surface area contributed by atoms with E-state index in [1.54, 1.807) is 4.90 Å². The molecule has 15 heavy (non-hydrogen) atoms. The zero-order chi connectivity index (χ0) is 12.1. The van der Waals surface area contributed by atoms with Crippen molar-refractivity contribution in [3.05, 3.63) is 0 Å². The molecule has 0 N–H and O–H groups in total. The Balaban J connectivity index is 4.07. The van der Waals surface area contributed by atoms with Crippen LogP contribution in [0.25, 0.3) is 0 Å². The molecule has 0 radical (unpaired) electrons. The highest BCUT2D eigenvalue weighted by Crippen LogP contribution is 2.09. The molecular weight excluding hydrogens is 192 g/mol. The summed E-state index contributed by atoms with van der Waals surface area (Å²) in [6.45, 7) is 10.7. The molecule has 0 aromatic rings. The first-order valence-corrected chi connectivity index (χ1v) is 5.37. The SMILES string of the molecule is CCN(CCN(C)C(C)(C)C)C(=O)OC. The minimum Gasteiger partial charge on any atom is -0.453 e. The fourth-order valence-corrected chi connectivity index (χ4v) is 1.11. The van der Waals surface area contributed by atoms with Gasteiger partial charge in [0.25, 0.3) is 0 Å². The molecule has 1 amide bonds. The van der Waals surface area contributed by atoms with E-state index < -0.39 is 0 Å². The minimum absolute atomic E-state index is 0.134. The normalized spacial score (nSPS) is 11.7. The average Bonchev–Trinajstić information content (AvgIpc) is 2.16. The largest absolute Gasteiger partial charge is 0.453 e. The molecule has 0 aliphatic carbocycles. The molecule has 4 heteroatoms. The van der Waals surface area contributed by atoms with Gasteiger partial charge in [-0.15, -0.1) is 0 Å². The first-order chi connectivity index (χ1) is 6.82. The molecule has 0 saturated heterocycles. The maximum atomic E-state index is 11.3. The number of nitrogens with zero attached hydrogens (tertiary/aromatic N) is 2. The molecule has 0 bridgehead atoms. The van der Waals surface area contributed by atoms with Crippen LogP contribution in [0.15, 0.2) is 0 Å². The Morgan fingerprint density at radius 3 is 2.13 bits per heavy atom. The molecule has 0 unspecified atom stereocenters. The van der Waals surface area contributed by atoms with Gasteiger partial charge in [-0.25, -0.2) is 4.79 Å². The third kappa shape index (κ3) is 5.02. The van der Waals surface area contributed by atoms with Crippen molar-refractivity contribution in [3.63, 3.8) is 0 Å². The topological polar surface area (TPSA) is 32.8 Å². The lowest BCUT2D eigenvalue weighted by Crippen LogP contribution is -2.44. The second-order valence-electron chi connectivity index (χ2n) is 4.64. The Labute approximate surface area is 93.2 Å². The number of carbonyl (C=O) groups excluding carboxylic acids is 1. The van der Waals surface area contributed by atoms with Crippen LogP contribution in [0.1, 0.15) is 27.7 Å². The summed E-state index contributed by atoms with van der Waals surface area (Å²) in [5.74, 6) is 0. The highest BCUT2D eigenvalue weighted by molar-refractivity contribution is 5.67. The van der Waals surface area contributed by atoms with Crippen molar-refractivity contribution in [2.45, 2.75) is 33.2 Å². The number of likely N-dealkylation sites (N-methyl/N-ethyl adjacent to an activating group) is 2. The molecule has 0 aromatic heterocycles. The van der Waals surface area contributed by atoms with E-state index in [4.69, 9.17) is 0 Å². The maximum Gasteiger partial charge on any atom is 0.409 e. The lowest BCUT2D eigenvalue weighted by Gasteiger charge is -2.33. The molecule has 0 aliphatic rings. The van der Waals surface area contributed by atoms with Crippen molar-refractivity contribution in [2.75, 3.05) is 33.8 Å². The van der Waals surface area contributed by atoms with Crippen LogP contribution in [-0.2, 0) is 4.74 Å². The quantitative estimate of drug-likeness (QED) is 0.718. The number of rotatable bonds is 4. The van der Waals surface area contributed by atoms with E-state index in [9.17, 15) is 4.79 Å². The summed E-state index contributed by atoms with van der Waals surface area (Å²) >= 11 is 0. The zero-order valence-electron chi connectivity index (χ0n) is 10.8. The van der Waals surface area contributed by atoms with E-state index in [1.165, 1.54) is 7.11 Å². The highest BCUT2D eigenvalue weighted by atomic mass is 16.5. The highest BCUT2D eigenvalue weighted by Gasteiger charge is 2.18. The third-order valence-corrected chi connectivity index (χ3v) is 2.67. The summed E-state index contributed by atoms with van der Waals surface area (Å²) in [4.78, 5) is 15.2. The lowest BCUT2D eigenvalue weighted by molar-refractivity contribution is 0.109. The van der Waals surface area contributed by atoms with Crippen LogP contribution < -0.4 is 0 Å². The Kier molecular flexibility index (Phi) is 5.65. The molecule has 0 aromatic carbocycles. The van der Waals surface area contributed by atoms with E-state index in [0.29, 0.717) is 13.1 Å². The number of hydrogen-bond acceptors (Lipinski definition) is 3. The smallest absolute Gasteiger partial charge is 0.409 e. The first-order valence-electron chi connectivity index (χ1n) is 5.37. The number of methoxy groups -OCH3 is 1. The molecule has 0 aliphatic heterocycles. The summed E-state index contributed by atoms with van der Waals surface area (Å²) in [6, 6.07) is 0. The summed E-state index contributed by atoms with van der Waals surface area (Å²) in [6.07, 6.45) is -0.250. The average molecular weight is 216 g/mol. The molecule has 0 saturated carbocycles. The van der Waals surface area contributed by atoms with Crippen LogP contribution in [0.3, 0.4) is 0 Å². The van der Waals surface area contributed by atoms with Crippen molar-refractivity contribution in [3.8, 4) is 0 Å². The molecular formula is C11H24N2O2. The van der Waals surface area contributed by atoms with E-state index in [2.05, 4.69) is 37.5 Å². The third-order valence-electron chi connectivity index (χ3n) is 2.67. The van der Waals surface area contributed by atoms with Gasteiger partial charge < -0.3 is 9.64 Å². The summed E-state index contributed by atoms with van der Waals surface area (Å²) in [5.41, 5.74) is 0.134. The molecule has 0 heterocycles. The molecule has 0 spiro atoms. The van der Waals surface area contributed by atoms with Crippen molar-refractivity contribution >= 4 is 6.09 Å². The molecule has 0 atom stereocenters. The minimum atomic E-state index is -0.250. The number of hydrogen-bond donors (Lipinski definition) is 0. The standard InChI is InChI=1S/C11H24N2O2/c1-7-13(10(14)15-6)9-8-12(5)11(2,3)4/h7-9H2,1-6H3. The van der Waals surface area contributed by atoms with Gasteiger partial charge in [-0.1, -0.05) is 0 Å². The Hall–Kier alpha value is -0.770. The van der Waals surface area contributed by atoms with Gasteiger partial charge in [-0.05, 0) is 34.7 Å². The van der Waals surface area contributed by atoms with E-state index >= 15 is 0 Å². The van der Waals surface area contributed by atoms with Crippen LogP contribution in [0.2, 0.25) is 0 Å². The Morgan fingerprint density at radius 2 is 1.80 bits per heavy atom. The second kappa shape index (κ2) is 5.95. The van der Waals surface area contributed by atoms with Gasteiger partial charge in [0.1, 0.15) is 0 Å². The van der Waals surface area contributed by atoms with Crippen LogP contribution in [0.5, 0.6) is 0 Å². The Bertz CT molecular complexity index is 199.